The van der Waals surface area contributed by atoms with Crippen LogP contribution in [-0.2, 0) is 47.6 Å². The molecule has 1 aliphatic heterocycles. The summed E-state index contributed by atoms with van der Waals surface area (Å²) in [4.78, 5) is 47.6. The first-order chi connectivity index (χ1) is 14.9. The van der Waals surface area contributed by atoms with Crippen LogP contribution in [0.1, 0.15) is 54.4 Å². The van der Waals surface area contributed by atoms with Crippen LogP contribution in [0.4, 0.5) is 0 Å². The highest BCUT2D eigenvalue weighted by Gasteiger charge is 2.52. The SMILES string of the molecule is CC(=O)O[C@@H]1[C@@H](OC(C)=O)[C@@H](OCCCCI)O[C@H](COC(=O)C(C)(C)C)[C@H]1OC(C)=O. The maximum atomic E-state index is 12.3. The summed E-state index contributed by atoms with van der Waals surface area (Å²) >= 11 is 2.25. The molecule has 1 fully saturated rings. The fourth-order valence-corrected chi connectivity index (χ4v) is 3.43. The molecule has 1 rings (SSSR count). The molecule has 11 heteroatoms. The second-order valence-electron chi connectivity index (χ2n) is 8.38. The number of esters is 4. The lowest BCUT2D eigenvalue weighted by Gasteiger charge is -2.44. The standard InChI is InChI=1S/C21H33IO10/c1-12(23)29-16-15(11-28-20(26)21(4,5)6)32-19(27-10-8-7-9-22)18(31-14(3)25)17(16)30-13(2)24/h15-19H,7-11H2,1-6H3/t15-,16-,17+,18-,19+/m1/s1. The normalized spacial score (nSPS) is 25.5. The average Bonchev–Trinajstić information content (AvgIpc) is 2.65. The van der Waals surface area contributed by atoms with Crippen molar-refractivity contribution < 1.29 is 47.6 Å². The van der Waals surface area contributed by atoms with Gasteiger partial charge in [-0.15, -0.1) is 0 Å². The molecule has 184 valence electrons. The summed E-state index contributed by atoms with van der Waals surface area (Å²) in [6, 6.07) is 0. The molecular weight excluding hydrogens is 539 g/mol. The van der Waals surface area contributed by atoms with E-state index in [0.29, 0.717) is 6.61 Å². The van der Waals surface area contributed by atoms with E-state index in [4.69, 9.17) is 28.4 Å². The van der Waals surface area contributed by atoms with Crippen LogP contribution < -0.4 is 0 Å². The van der Waals surface area contributed by atoms with Gasteiger partial charge in [0.15, 0.2) is 24.6 Å². The fraction of sp³-hybridized carbons (Fsp3) is 0.810. The minimum Gasteiger partial charge on any atom is -0.462 e. The van der Waals surface area contributed by atoms with E-state index in [1.807, 2.05) is 0 Å². The molecule has 10 nitrogen and oxygen atoms in total. The molecule has 0 unspecified atom stereocenters. The number of rotatable bonds is 10. The molecule has 0 radical (unpaired) electrons. The van der Waals surface area contributed by atoms with Crippen LogP contribution in [0.15, 0.2) is 0 Å². The Labute approximate surface area is 202 Å². The Morgan fingerprint density at radius 2 is 1.38 bits per heavy atom. The Kier molecular flexibility index (Phi) is 11.9. The number of halogens is 1. The minimum absolute atomic E-state index is 0.285. The second kappa shape index (κ2) is 13.3. The highest BCUT2D eigenvalue weighted by atomic mass is 127. The van der Waals surface area contributed by atoms with Gasteiger partial charge >= 0.3 is 23.9 Å². The van der Waals surface area contributed by atoms with Gasteiger partial charge in [-0.1, -0.05) is 22.6 Å². The van der Waals surface area contributed by atoms with E-state index < -0.39 is 60.0 Å². The quantitative estimate of drug-likeness (QED) is 0.127. The summed E-state index contributed by atoms with van der Waals surface area (Å²) in [5.41, 5.74) is -0.767. The third-order valence-electron chi connectivity index (χ3n) is 4.30. The van der Waals surface area contributed by atoms with Gasteiger partial charge in [-0.05, 0) is 38.0 Å². The van der Waals surface area contributed by atoms with E-state index in [1.54, 1.807) is 20.8 Å². The number of hydrogen-bond donors (Lipinski definition) is 0. The fourth-order valence-electron chi connectivity index (χ4n) is 2.89. The van der Waals surface area contributed by atoms with Gasteiger partial charge in [0, 0.05) is 27.4 Å². The van der Waals surface area contributed by atoms with Crippen molar-refractivity contribution in [1.82, 2.24) is 0 Å². The number of ether oxygens (including phenoxy) is 6. The summed E-state index contributed by atoms with van der Waals surface area (Å²) < 4.78 is 34.1. The van der Waals surface area contributed by atoms with E-state index >= 15 is 0 Å². The highest BCUT2D eigenvalue weighted by molar-refractivity contribution is 14.1. The molecular formula is C21H33IO10. The third-order valence-corrected chi connectivity index (χ3v) is 5.06. The van der Waals surface area contributed by atoms with Gasteiger partial charge in [0.05, 0.1) is 5.41 Å². The topological polar surface area (TPSA) is 124 Å². The van der Waals surface area contributed by atoms with Crippen LogP contribution in [0.2, 0.25) is 0 Å². The van der Waals surface area contributed by atoms with Crippen LogP contribution in [0.5, 0.6) is 0 Å². The zero-order chi connectivity index (χ0) is 24.5. The van der Waals surface area contributed by atoms with E-state index in [2.05, 4.69) is 22.6 Å². The molecule has 0 saturated carbocycles. The summed E-state index contributed by atoms with van der Waals surface area (Å²) in [6.07, 6.45) is -4.11. The van der Waals surface area contributed by atoms with E-state index in [1.165, 1.54) is 20.8 Å². The Morgan fingerprint density at radius 1 is 0.844 bits per heavy atom. The molecule has 0 aromatic carbocycles. The van der Waals surface area contributed by atoms with Crippen molar-refractivity contribution in [1.29, 1.82) is 0 Å². The molecule has 1 aliphatic rings. The Balaban J connectivity index is 3.22. The zero-order valence-electron chi connectivity index (χ0n) is 19.4. The molecule has 1 heterocycles. The Hall–Kier alpha value is -1.47. The van der Waals surface area contributed by atoms with Gasteiger partial charge in [-0.2, -0.15) is 0 Å². The van der Waals surface area contributed by atoms with Crippen molar-refractivity contribution >= 4 is 46.5 Å². The number of hydrogen-bond acceptors (Lipinski definition) is 10. The van der Waals surface area contributed by atoms with E-state index in [9.17, 15) is 19.2 Å². The Morgan fingerprint density at radius 3 is 1.88 bits per heavy atom. The van der Waals surface area contributed by atoms with Crippen LogP contribution in [0.3, 0.4) is 0 Å². The lowest BCUT2D eigenvalue weighted by atomic mass is 9.96. The molecule has 0 bridgehead atoms. The van der Waals surface area contributed by atoms with Crippen LogP contribution in [0.25, 0.3) is 0 Å². The third kappa shape index (κ3) is 9.57. The first kappa shape index (κ1) is 28.6. The van der Waals surface area contributed by atoms with Gasteiger partial charge in [0.1, 0.15) is 12.7 Å². The zero-order valence-corrected chi connectivity index (χ0v) is 21.5. The van der Waals surface area contributed by atoms with Crippen molar-refractivity contribution in [2.24, 2.45) is 5.41 Å². The lowest BCUT2D eigenvalue weighted by Crippen LogP contribution is -2.63. The maximum absolute atomic E-state index is 12.3. The van der Waals surface area contributed by atoms with Crippen molar-refractivity contribution in [2.45, 2.75) is 85.1 Å². The molecule has 0 aromatic heterocycles. The van der Waals surface area contributed by atoms with Crippen LogP contribution >= 0.6 is 22.6 Å². The number of carbonyl (C=O) groups excluding carboxylic acids is 4. The summed E-state index contributed by atoms with van der Waals surface area (Å²) in [5.74, 6) is -2.50. The lowest BCUT2D eigenvalue weighted by molar-refractivity contribution is -0.308. The number of unbranched alkanes of at least 4 members (excludes halogenated alkanes) is 1. The molecule has 0 N–H and O–H groups in total. The van der Waals surface area contributed by atoms with Crippen molar-refractivity contribution in [3.8, 4) is 0 Å². The number of alkyl halides is 1. The number of carbonyl (C=O) groups is 4. The first-order valence-electron chi connectivity index (χ1n) is 10.4. The summed E-state index contributed by atoms with van der Waals surface area (Å²) in [7, 11) is 0. The van der Waals surface area contributed by atoms with Crippen LogP contribution in [0, 0.1) is 5.41 Å². The van der Waals surface area contributed by atoms with Crippen molar-refractivity contribution in [2.75, 3.05) is 17.6 Å². The predicted octanol–water partition coefficient (Wildman–Crippen LogP) is 2.33. The molecule has 0 aliphatic carbocycles. The Bertz CT molecular complexity index is 659. The van der Waals surface area contributed by atoms with Gasteiger partial charge < -0.3 is 28.4 Å². The largest absolute Gasteiger partial charge is 0.462 e. The maximum Gasteiger partial charge on any atom is 0.311 e. The smallest absolute Gasteiger partial charge is 0.311 e. The summed E-state index contributed by atoms with van der Waals surface area (Å²) in [5, 5.41) is 0. The molecule has 0 aromatic rings. The molecule has 0 spiro atoms. The van der Waals surface area contributed by atoms with E-state index in [-0.39, 0.29) is 6.61 Å². The predicted molar refractivity (Wildman–Crippen MR) is 120 cm³/mol. The van der Waals surface area contributed by atoms with Crippen LogP contribution in [-0.4, -0.2) is 72.2 Å². The molecule has 0 amide bonds. The minimum atomic E-state index is -1.22. The van der Waals surface area contributed by atoms with E-state index in [0.717, 1.165) is 17.3 Å². The van der Waals surface area contributed by atoms with Gasteiger partial charge in [-0.3, -0.25) is 19.2 Å². The van der Waals surface area contributed by atoms with Gasteiger partial charge in [-0.25, -0.2) is 0 Å². The van der Waals surface area contributed by atoms with Gasteiger partial charge in [0.2, 0.25) is 0 Å². The molecule has 1 saturated heterocycles. The van der Waals surface area contributed by atoms with Gasteiger partial charge in [0.25, 0.3) is 0 Å². The van der Waals surface area contributed by atoms with Crippen molar-refractivity contribution in [3.05, 3.63) is 0 Å². The summed E-state index contributed by atoms with van der Waals surface area (Å²) in [6.45, 7) is 8.63. The average molecular weight is 572 g/mol. The van der Waals surface area contributed by atoms with Crippen molar-refractivity contribution in [3.63, 3.8) is 0 Å². The molecule has 5 atom stereocenters. The highest BCUT2D eigenvalue weighted by Crippen LogP contribution is 2.30. The monoisotopic (exact) mass is 572 g/mol. The first-order valence-corrected chi connectivity index (χ1v) is 11.9. The second-order valence-corrected chi connectivity index (χ2v) is 9.46. The molecule has 32 heavy (non-hydrogen) atoms.